The molecule has 15 nitrogen and oxygen atoms in total. The van der Waals surface area contributed by atoms with Gasteiger partial charge in [0, 0.05) is 49.6 Å². The van der Waals surface area contributed by atoms with Crippen molar-refractivity contribution in [1.29, 1.82) is 0 Å². The lowest BCUT2D eigenvalue weighted by Crippen LogP contribution is -2.52. The van der Waals surface area contributed by atoms with Gasteiger partial charge >= 0.3 is 0 Å². The summed E-state index contributed by atoms with van der Waals surface area (Å²) in [6, 6.07) is 6.90. The van der Waals surface area contributed by atoms with E-state index in [2.05, 4.69) is 20.3 Å². The fourth-order valence-corrected chi connectivity index (χ4v) is 9.20. The first-order chi connectivity index (χ1) is 28.7. The molecule has 3 aliphatic heterocycles. The molecule has 7 N–H and O–H groups in total. The van der Waals surface area contributed by atoms with Gasteiger partial charge in [0.25, 0.3) is 0 Å². The molecule has 0 aliphatic carbocycles. The minimum absolute atomic E-state index is 0.0779. The third-order valence-electron chi connectivity index (χ3n) is 12.2. The number of hydrogen-bond acceptors (Lipinski definition) is 10. The number of hydrogen-bond donors (Lipinski definition) is 6. The van der Waals surface area contributed by atoms with Crippen LogP contribution < -0.4 is 15.8 Å². The number of aromatic nitrogens is 5. The van der Waals surface area contributed by atoms with E-state index in [0.29, 0.717) is 64.1 Å². The first kappa shape index (κ1) is 41.9. The minimum Gasteiger partial charge on any atom is -0.469 e. The normalized spacial score (nSPS) is 21.8. The van der Waals surface area contributed by atoms with Crippen LogP contribution in [0.15, 0.2) is 42.7 Å². The molecule has 0 spiro atoms. The highest BCUT2D eigenvalue weighted by atomic mass is 35.5. The summed E-state index contributed by atoms with van der Waals surface area (Å²) in [7, 11) is 1.37. The van der Waals surface area contributed by atoms with E-state index in [1.54, 1.807) is 28.3 Å². The van der Waals surface area contributed by atoms with Gasteiger partial charge < -0.3 is 49.8 Å². The van der Waals surface area contributed by atoms with Gasteiger partial charge in [-0.3, -0.25) is 14.9 Å². The summed E-state index contributed by atoms with van der Waals surface area (Å²) in [4.78, 5) is 46.3. The molecule has 0 bridgehead atoms. The highest BCUT2D eigenvalue weighted by Gasteiger charge is 2.41. The maximum atomic E-state index is 16.5. The summed E-state index contributed by atoms with van der Waals surface area (Å²) in [5.41, 5.74) is 10.3. The second-order valence-corrected chi connectivity index (χ2v) is 17.2. The lowest BCUT2D eigenvalue weighted by Gasteiger charge is -2.31. The number of carbonyl (C=O) groups excluding carboxylic acids is 2. The molecule has 3 aliphatic rings. The third-order valence-corrected chi connectivity index (χ3v) is 12.5. The van der Waals surface area contributed by atoms with Crippen LogP contribution in [-0.4, -0.2) is 101 Å². The molecule has 8 rings (SSSR count). The number of methoxy groups -OCH3 is 1. The Balaban J connectivity index is 1.08. The summed E-state index contributed by atoms with van der Waals surface area (Å²) in [6.45, 7) is 10.3. The number of imidazole rings is 2. The van der Waals surface area contributed by atoms with E-state index in [4.69, 9.17) is 31.8 Å². The molecule has 60 heavy (non-hydrogen) atoms. The Labute approximate surface area is 352 Å². The zero-order chi connectivity index (χ0) is 42.7. The first-order valence-electron chi connectivity index (χ1n) is 20.7. The van der Waals surface area contributed by atoms with Gasteiger partial charge in [0.2, 0.25) is 18.2 Å². The standard InChI is InChI=1S/C43H53ClFN9O6/c1-7-33-54-29-11-10-22(27-17-47-39(49-27)30-9-8-12-52(30)42(57)37(21(4)5)51-43(58)59-6)13-25(29)35(44)38(54)34-26(45)14-23(15-32(34)60-33)28-18-48-40(50-28)31-16-24(55)19-53(31)41(56)36(46)20(2)3/h10-11,13-15,17-18,20-21,24,30-31,33,36-37,43,51,55,58H,7-9,12,16,19,46H2,1-6H3,(H,47,49)(H,48,50). The van der Waals surface area contributed by atoms with Crippen LogP contribution in [0.3, 0.4) is 0 Å². The Hall–Kier alpha value is -4.84. The van der Waals surface area contributed by atoms with E-state index in [1.807, 2.05) is 57.4 Å². The van der Waals surface area contributed by atoms with Crippen molar-refractivity contribution in [1.82, 2.24) is 39.6 Å². The average molecular weight is 846 g/mol. The predicted octanol–water partition coefficient (Wildman–Crippen LogP) is 6.00. The number of ether oxygens (including phenoxy) is 2. The summed E-state index contributed by atoms with van der Waals surface area (Å²) in [6.07, 6.45) is 3.28. The molecule has 320 valence electrons. The number of aliphatic hydroxyl groups excluding tert-OH is 2. The number of aliphatic hydroxyl groups is 2. The van der Waals surface area contributed by atoms with Crippen LogP contribution in [-0.2, 0) is 14.3 Å². The van der Waals surface area contributed by atoms with Crippen LogP contribution in [0.2, 0.25) is 5.02 Å². The molecule has 2 saturated heterocycles. The van der Waals surface area contributed by atoms with Gasteiger partial charge in [0.05, 0.1) is 75.8 Å². The highest BCUT2D eigenvalue weighted by Crippen LogP contribution is 2.50. The quantitative estimate of drug-likeness (QED) is 0.0810. The lowest BCUT2D eigenvalue weighted by molar-refractivity contribution is -0.145. The Morgan fingerprint density at radius 3 is 2.40 bits per heavy atom. The van der Waals surface area contributed by atoms with Gasteiger partial charge in [-0.05, 0) is 48.9 Å². The molecular formula is C43H53ClFN9O6. The Kier molecular flexibility index (Phi) is 11.6. The van der Waals surface area contributed by atoms with Crippen LogP contribution in [0, 0.1) is 17.7 Å². The van der Waals surface area contributed by atoms with Crippen molar-refractivity contribution >= 4 is 34.3 Å². The SMILES string of the molecule is CCC1Oc2cc(-c3cnc(C4CC(O)CN4C(=O)C(N)C(C)C)[nH]3)cc(F)c2-c2c(Cl)c3cc(-c4cnc(C5CCCN5C(=O)C(NC(O)OC)C(C)C)[nH]4)ccc3n21. The molecule has 2 aromatic carbocycles. The van der Waals surface area contributed by atoms with E-state index in [1.165, 1.54) is 13.2 Å². The number of nitrogens with two attached hydrogens (primary N) is 1. The van der Waals surface area contributed by atoms with Crippen molar-refractivity contribution in [3.63, 3.8) is 0 Å². The second kappa shape index (κ2) is 16.6. The smallest absolute Gasteiger partial charge is 0.240 e. The molecule has 7 unspecified atom stereocenters. The number of carbonyl (C=O) groups is 2. The number of fused-ring (bicyclic) bond motifs is 5. The number of rotatable bonds is 12. The van der Waals surface area contributed by atoms with Gasteiger partial charge in [0.1, 0.15) is 23.2 Å². The van der Waals surface area contributed by atoms with Crippen LogP contribution in [0.4, 0.5) is 4.39 Å². The average Bonchev–Trinajstić information content (AvgIpc) is 4.09. The molecule has 17 heteroatoms. The van der Waals surface area contributed by atoms with Crippen LogP contribution in [0.1, 0.15) is 90.3 Å². The van der Waals surface area contributed by atoms with Gasteiger partial charge in [-0.15, -0.1) is 0 Å². The zero-order valence-electron chi connectivity index (χ0n) is 34.6. The van der Waals surface area contributed by atoms with Crippen molar-refractivity contribution in [2.45, 2.75) is 103 Å². The van der Waals surface area contributed by atoms with Crippen LogP contribution in [0.5, 0.6) is 5.75 Å². The van der Waals surface area contributed by atoms with Gasteiger partial charge in [-0.1, -0.05) is 52.3 Å². The topological polar surface area (TPSA) is 200 Å². The Morgan fingerprint density at radius 1 is 1.03 bits per heavy atom. The number of aromatic amines is 2. The number of likely N-dealkylation sites (tertiary alicyclic amines) is 2. The molecule has 3 aromatic heterocycles. The van der Waals surface area contributed by atoms with E-state index >= 15 is 4.39 Å². The maximum Gasteiger partial charge on any atom is 0.240 e. The molecule has 7 atom stereocenters. The van der Waals surface area contributed by atoms with Crippen molar-refractivity contribution in [3.8, 4) is 39.5 Å². The number of amides is 2. The van der Waals surface area contributed by atoms with Gasteiger partial charge in [-0.25, -0.2) is 14.4 Å². The molecule has 5 aromatic rings. The van der Waals surface area contributed by atoms with Crippen LogP contribution in [0.25, 0.3) is 44.7 Å². The summed E-state index contributed by atoms with van der Waals surface area (Å²) < 4.78 is 30.0. The van der Waals surface area contributed by atoms with E-state index in [0.717, 1.165) is 29.6 Å². The largest absolute Gasteiger partial charge is 0.469 e. The van der Waals surface area contributed by atoms with Crippen molar-refractivity contribution in [3.05, 3.63) is 65.2 Å². The molecule has 2 fully saturated rings. The molecule has 0 radical (unpaired) electrons. The number of halogens is 2. The number of β-amino-alcohol motifs (C(OH)–C–C–N with tert-alkyl or cyclic N) is 1. The van der Waals surface area contributed by atoms with Gasteiger partial charge in [0.15, 0.2) is 6.23 Å². The van der Waals surface area contributed by atoms with Crippen molar-refractivity contribution in [2.24, 2.45) is 17.6 Å². The Morgan fingerprint density at radius 2 is 1.73 bits per heavy atom. The number of benzene rings is 2. The third kappa shape index (κ3) is 7.36. The molecular weight excluding hydrogens is 793 g/mol. The zero-order valence-corrected chi connectivity index (χ0v) is 35.3. The van der Waals surface area contributed by atoms with Crippen LogP contribution >= 0.6 is 11.6 Å². The number of H-pyrrole nitrogens is 2. The maximum absolute atomic E-state index is 16.5. The molecule has 2 amide bonds. The first-order valence-corrected chi connectivity index (χ1v) is 21.0. The summed E-state index contributed by atoms with van der Waals surface area (Å²) in [5, 5.41) is 24.6. The monoisotopic (exact) mass is 845 g/mol. The summed E-state index contributed by atoms with van der Waals surface area (Å²) in [5.74, 6) is 0.381. The fourth-order valence-electron chi connectivity index (χ4n) is 8.86. The number of nitrogens with zero attached hydrogens (tertiary/aromatic N) is 5. The summed E-state index contributed by atoms with van der Waals surface area (Å²) >= 11 is 7.22. The lowest BCUT2D eigenvalue weighted by atomic mass is 10.0. The minimum atomic E-state index is -1.27. The second-order valence-electron chi connectivity index (χ2n) is 16.8. The highest BCUT2D eigenvalue weighted by molar-refractivity contribution is 6.38. The fraction of sp³-hybridized carbons (Fsp3) is 0.488. The molecule has 6 heterocycles. The van der Waals surface area contributed by atoms with Crippen molar-refractivity contribution in [2.75, 3.05) is 20.2 Å². The van der Waals surface area contributed by atoms with E-state index in [9.17, 15) is 19.8 Å². The molecule has 0 saturated carbocycles. The van der Waals surface area contributed by atoms with Gasteiger partial charge in [-0.2, -0.15) is 0 Å². The van der Waals surface area contributed by atoms with E-state index < -0.39 is 42.7 Å². The Bertz CT molecular complexity index is 2410. The number of nitrogens with one attached hydrogen (secondary N) is 3. The van der Waals surface area contributed by atoms with Crippen molar-refractivity contribution < 1.29 is 33.7 Å². The predicted molar refractivity (Wildman–Crippen MR) is 224 cm³/mol. The van der Waals surface area contributed by atoms with E-state index in [-0.39, 0.29) is 41.8 Å².